The number of rotatable bonds is 4. The fraction of sp³-hybridized carbons (Fsp3) is 0.167. The molecule has 1 rings (SSSR count). The Hall–Kier alpha value is -1.02. The quantitative estimate of drug-likeness (QED) is 0.449. The fourth-order valence-corrected chi connectivity index (χ4v) is 3.14. The molecule has 1 aromatic carbocycles. The van der Waals surface area contributed by atoms with Crippen LogP contribution < -0.4 is 5.32 Å². The summed E-state index contributed by atoms with van der Waals surface area (Å²) in [5.74, 6) is 0.118. The van der Waals surface area contributed by atoms with Crippen LogP contribution in [0.3, 0.4) is 0 Å². The highest BCUT2D eigenvalue weighted by atomic mass is 127. The third-order valence-corrected chi connectivity index (χ3v) is 3.64. The van der Waals surface area contributed by atoms with Gasteiger partial charge in [-0.2, -0.15) is 0 Å². The lowest BCUT2D eigenvalue weighted by Gasteiger charge is -2.13. The summed E-state index contributed by atoms with van der Waals surface area (Å²) in [6, 6.07) is 2.00. The lowest BCUT2D eigenvalue weighted by atomic mass is 10.1. The first-order valence-corrected chi connectivity index (χ1v) is 7.17. The molecule has 0 aliphatic rings. The van der Waals surface area contributed by atoms with Crippen molar-refractivity contribution in [3.05, 3.63) is 24.8 Å². The second-order valence-electron chi connectivity index (χ2n) is 3.56. The first-order chi connectivity index (χ1) is 8.86. The standard InChI is InChI=1S/C12H9I2NO4/c1-2-3-9(12(18)19)15-11(17)7-4-6(13)5-8(14)10(7)16/h1,4-5,9,16H,3H2,(H,15,17)(H,18,19). The van der Waals surface area contributed by atoms with Crippen molar-refractivity contribution in [2.45, 2.75) is 12.5 Å². The first kappa shape index (κ1) is 16.0. The summed E-state index contributed by atoms with van der Waals surface area (Å²) in [6.45, 7) is 0. The Bertz CT molecular complexity index is 566. The van der Waals surface area contributed by atoms with Gasteiger partial charge in [0.2, 0.25) is 0 Å². The molecule has 1 amide bonds. The van der Waals surface area contributed by atoms with Crippen molar-refractivity contribution in [3.63, 3.8) is 0 Å². The van der Waals surface area contributed by atoms with Gasteiger partial charge < -0.3 is 15.5 Å². The van der Waals surface area contributed by atoms with E-state index >= 15 is 0 Å². The molecule has 100 valence electrons. The number of phenolic OH excluding ortho intramolecular Hbond substituents is 1. The van der Waals surface area contributed by atoms with Crippen LogP contribution >= 0.6 is 45.2 Å². The predicted octanol–water partition coefficient (Wildman–Crippen LogP) is 1.81. The molecule has 5 nitrogen and oxygen atoms in total. The summed E-state index contributed by atoms with van der Waals surface area (Å²) in [5.41, 5.74) is 0.0274. The lowest BCUT2D eigenvalue weighted by molar-refractivity contribution is -0.139. The van der Waals surface area contributed by atoms with Crippen LogP contribution in [-0.4, -0.2) is 28.1 Å². The number of carbonyl (C=O) groups excluding carboxylic acids is 1. The van der Waals surface area contributed by atoms with Crippen LogP contribution in [0, 0.1) is 19.5 Å². The van der Waals surface area contributed by atoms with Crippen LogP contribution in [0.15, 0.2) is 12.1 Å². The van der Waals surface area contributed by atoms with Crippen LogP contribution in [0.1, 0.15) is 16.8 Å². The van der Waals surface area contributed by atoms with E-state index in [4.69, 9.17) is 11.5 Å². The Morgan fingerprint density at radius 1 is 1.42 bits per heavy atom. The van der Waals surface area contributed by atoms with Gasteiger partial charge in [0.15, 0.2) is 0 Å². The minimum Gasteiger partial charge on any atom is -0.506 e. The predicted molar refractivity (Wildman–Crippen MR) is 85.9 cm³/mol. The minimum atomic E-state index is -1.22. The number of hydrogen-bond acceptors (Lipinski definition) is 3. The number of hydrogen-bond donors (Lipinski definition) is 3. The van der Waals surface area contributed by atoms with Gasteiger partial charge in [-0.3, -0.25) is 4.79 Å². The number of amides is 1. The Morgan fingerprint density at radius 2 is 2.05 bits per heavy atom. The molecular formula is C12H9I2NO4. The SMILES string of the molecule is C#CCC(NC(=O)c1cc(I)cc(I)c1O)C(=O)O. The molecule has 0 fully saturated rings. The summed E-state index contributed by atoms with van der Waals surface area (Å²) < 4.78 is 1.27. The summed E-state index contributed by atoms with van der Waals surface area (Å²) in [5, 5.41) is 21.0. The molecule has 0 radical (unpaired) electrons. The minimum absolute atomic E-state index is 0.0274. The number of carboxylic acids is 1. The van der Waals surface area contributed by atoms with Crippen LogP contribution in [0.4, 0.5) is 0 Å². The molecule has 0 bridgehead atoms. The number of aromatic hydroxyl groups is 1. The maximum atomic E-state index is 11.9. The molecule has 0 aliphatic heterocycles. The second kappa shape index (κ2) is 6.95. The van der Waals surface area contributed by atoms with Gasteiger partial charge in [-0.1, -0.05) is 0 Å². The van der Waals surface area contributed by atoms with Gasteiger partial charge in [-0.05, 0) is 57.3 Å². The number of halogens is 2. The van der Waals surface area contributed by atoms with Crippen molar-refractivity contribution in [1.29, 1.82) is 0 Å². The summed E-state index contributed by atoms with van der Waals surface area (Å²) in [7, 11) is 0. The molecule has 0 saturated carbocycles. The Morgan fingerprint density at radius 3 is 2.58 bits per heavy atom. The van der Waals surface area contributed by atoms with E-state index in [0.29, 0.717) is 3.57 Å². The number of carbonyl (C=O) groups is 2. The molecule has 0 spiro atoms. The number of aliphatic carboxylic acids is 1. The third-order valence-electron chi connectivity index (χ3n) is 2.20. The number of nitrogens with one attached hydrogen (secondary N) is 1. The molecule has 1 atom stereocenters. The van der Waals surface area contributed by atoms with Crippen molar-refractivity contribution in [2.75, 3.05) is 0 Å². The highest BCUT2D eigenvalue weighted by molar-refractivity contribution is 14.1. The molecule has 0 aromatic heterocycles. The van der Waals surface area contributed by atoms with E-state index < -0.39 is 17.9 Å². The molecule has 3 N–H and O–H groups in total. The molecule has 19 heavy (non-hydrogen) atoms. The van der Waals surface area contributed by atoms with Crippen LogP contribution in [0.2, 0.25) is 0 Å². The third kappa shape index (κ3) is 4.24. The highest BCUT2D eigenvalue weighted by Gasteiger charge is 2.22. The van der Waals surface area contributed by atoms with Gasteiger partial charge in [0.25, 0.3) is 5.91 Å². The van der Waals surface area contributed by atoms with Crippen LogP contribution in [-0.2, 0) is 4.79 Å². The maximum absolute atomic E-state index is 11.9. The summed E-state index contributed by atoms with van der Waals surface area (Å²) >= 11 is 3.89. The van der Waals surface area contributed by atoms with Crippen molar-refractivity contribution in [1.82, 2.24) is 5.32 Å². The average Bonchev–Trinajstić information content (AvgIpc) is 2.32. The summed E-state index contributed by atoms with van der Waals surface area (Å²) in [6.07, 6.45) is 4.92. The smallest absolute Gasteiger partial charge is 0.327 e. The maximum Gasteiger partial charge on any atom is 0.327 e. The van der Waals surface area contributed by atoms with E-state index in [-0.39, 0.29) is 17.7 Å². The number of benzene rings is 1. The molecular weight excluding hydrogens is 476 g/mol. The van der Waals surface area contributed by atoms with Crippen LogP contribution in [0.5, 0.6) is 5.75 Å². The van der Waals surface area contributed by atoms with E-state index in [1.54, 1.807) is 6.07 Å². The topological polar surface area (TPSA) is 86.6 Å². The van der Waals surface area contributed by atoms with E-state index in [2.05, 4.69) is 11.2 Å². The van der Waals surface area contributed by atoms with E-state index in [1.165, 1.54) is 6.07 Å². The Kier molecular flexibility index (Phi) is 5.86. The monoisotopic (exact) mass is 485 g/mol. The molecule has 0 aliphatic carbocycles. The van der Waals surface area contributed by atoms with Gasteiger partial charge in [-0.15, -0.1) is 12.3 Å². The fourth-order valence-electron chi connectivity index (χ4n) is 1.29. The molecule has 7 heteroatoms. The zero-order valence-corrected chi connectivity index (χ0v) is 13.8. The Balaban J connectivity index is 3.01. The van der Waals surface area contributed by atoms with Gasteiger partial charge in [0.1, 0.15) is 11.8 Å². The second-order valence-corrected chi connectivity index (χ2v) is 5.96. The first-order valence-electron chi connectivity index (χ1n) is 5.02. The Labute approximate surface area is 137 Å². The van der Waals surface area contributed by atoms with Crippen LogP contribution in [0.25, 0.3) is 0 Å². The van der Waals surface area contributed by atoms with Gasteiger partial charge in [-0.25, -0.2) is 4.79 Å². The molecule has 0 heterocycles. The van der Waals surface area contributed by atoms with Crippen molar-refractivity contribution < 1.29 is 19.8 Å². The molecule has 0 saturated heterocycles. The van der Waals surface area contributed by atoms with Gasteiger partial charge in [0.05, 0.1) is 9.13 Å². The normalized spacial score (nSPS) is 11.4. The van der Waals surface area contributed by atoms with E-state index in [9.17, 15) is 14.7 Å². The number of terminal acetylenes is 1. The van der Waals surface area contributed by atoms with Crippen molar-refractivity contribution in [3.8, 4) is 18.1 Å². The van der Waals surface area contributed by atoms with Gasteiger partial charge in [0, 0.05) is 9.99 Å². The summed E-state index contributed by atoms with van der Waals surface area (Å²) in [4.78, 5) is 22.8. The largest absolute Gasteiger partial charge is 0.506 e. The van der Waals surface area contributed by atoms with Crippen molar-refractivity contribution >= 4 is 57.1 Å². The number of carboxylic acid groups (broad SMARTS) is 1. The van der Waals surface area contributed by atoms with E-state index in [1.807, 2.05) is 45.2 Å². The lowest BCUT2D eigenvalue weighted by Crippen LogP contribution is -2.40. The van der Waals surface area contributed by atoms with E-state index in [0.717, 1.165) is 3.57 Å². The van der Waals surface area contributed by atoms with Crippen molar-refractivity contribution in [2.24, 2.45) is 0 Å². The molecule has 1 aromatic rings. The molecule has 1 unspecified atom stereocenters. The zero-order valence-electron chi connectivity index (χ0n) is 9.48. The average molecular weight is 485 g/mol. The number of phenols is 1. The van der Waals surface area contributed by atoms with Gasteiger partial charge >= 0.3 is 5.97 Å². The zero-order chi connectivity index (χ0) is 14.6. The highest BCUT2D eigenvalue weighted by Crippen LogP contribution is 2.26.